The lowest BCUT2D eigenvalue weighted by Gasteiger charge is -2.23. The van der Waals surface area contributed by atoms with Gasteiger partial charge in [-0.25, -0.2) is 0 Å². The predicted molar refractivity (Wildman–Crippen MR) is 72.2 cm³/mol. The summed E-state index contributed by atoms with van der Waals surface area (Å²) in [4.78, 5) is 10.3. The summed E-state index contributed by atoms with van der Waals surface area (Å²) in [5.74, 6) is 0.984. The second-order valence-corrected chi connectivity index (χ2v) is 4.54. The summed E-state index contributed by atoms with van der Waals surface area (Å²) in [5, 5.41) is 14.1. The smallest absolute Gasteiger partial charge is 0.273 e. The van der Waals surface area contributed by atoms with Gasteiger partial charge >= 0.3 is 0 Å². The molecular weight excluding hydrogens is 232 g/mol. The van der Waals surface area contributed by atoms with Gasteiger partial charge in [-0.05, 0) is 18.4 Å². The maximum absolute atomic E-state index is 10.7. The van der Waals surface area contributed by atoms with E-state index in [2.05, 4.69) is 26.1 Å². The molecule has 0 aliphatic carbocycles. The van der Waals surface area contributed by atoms with Gasteiger partial charge in [0.25, 0.3) is 5.69 Å². The molecule has 1 aromatic rings. The Balaban J connectivity index is 2.98. The zero-order chi connectivity index (χ0) is 13.7. The largest absolute Gasteiger partial charge is 0.494 e. The van der Waals surface area contributed by atoms with Crippen LogP contribution in [0.2, 0.25) is 0 Å². The van der Waals surface area contributed by atoms with Crippen LogP contribution < -0.4 is 10.1 Å². The van der Waals surface area contributed by atoms with Gasteiger partial charge in [0.1, 0.15) is 5.75 Å². The quantitative estimate of drug-likeness (QED) is 0.622. The number of methoxy groups -OCH3 is 1. The third-order valence-electron chi connectivity index (χ3n) is 2.98. The summed E-state index contributed by atoms with van der Waals surface area (Å²) in [6.07, 6.45) is 0.984. The number of hydrogen-bond donors (Lipinski definition) is 1. The van der Waals surface area contributed by atoms with Gasteiger partial charge in [-0.3, -0.25) is 10.1 Å². The first-order valence-corrected chi connectivity index (χ1v) is 6.08. The standard InChI is InChI=1S/C13H20N2O3/c1-5-11(9(2)3)14-12-7-6-10(15(16)17)8-13(12)18-4/h6-9,11,14H,5H2,1-4H3. The number of rotatable bonds is 6. The summed E-state index contributed by atoms with van der Waals surface area (Å²) in [6, 6.07) is 4.94. The van der Waals surface area contributed by atoms with Gasteiger partial charge in [0, 0.05) is 12.1 Å². The van der Waals surface area contributed by atoms with Crippen LogP contribution in [0.25, 0.3) is 0 Å². The minimum absolute atomic E-state index is 0.0370. The molecule has 0 heterocycles. The molecule has 0 spiro atoms. The van der Waals surface area contributed by atoms with E-state index in [4.69, 9.17) is 4.74 Å². The minimum Gasteiger partial charge on any atom is -0.494 e. The van der Waals surface area contributed by atoms with Crippen LogP contribution in [0, 0.1) is 16.0 Å². The number of nitrogens with zero attached hydrogens (tertiary/aromatic N) is 1. The van der Waals surface area contributed by atoms with Crippen LogP contribution in [-0.4, -0.2) is 18.1 Å². The molecule has 5 heteroatoms. The van der Waals surface area contributed by atoms with Crippen LogP contribution in [0.3, 0.4) is 0 Å². The molecule has 1 unspecified atom stereocenters. The van der Waals surface area contributed by atoms with Crippen LogP contribution in [0.4, 0.5) is 11.4 Å². The fourth-order valence-corrected chi connectivity index (χ4v) is 1.85. The third kappa shape index (κ3) is 3.35. The average Bonchev–Trinajstić information content (AvgIpc) is 2.35. The Labute approximate surface area is 107 Å². The molecule has 18 heavy (non-hydrogen) atoms. The Hall–Kier alpha value is -1.78. The highest BCUT2D eigenvalue weighted by Crippen LogP contribution is 2.30. The molecule has 1 atom stereocenters. The van der Waals surface area contributed by atoms with Gasteiger partial charge in [-0.15, -0.1) is 0 Å². The van der Waals surface area contributed by atoms with Crippen LogP contribution in [0.1, 0.15) is 27.2 Å². The van der Waals surface area contributed by atoms with Gasteiger partial charge in [-0.2, -0.15) is 0 Å². The van der Waals surface area contributed by atoms with E-state index in [-0.39, 0.29) is 5.69 Å². The summed E-state index contributed by atoms with van der Waals surface area (Å²) in [7, 11) is 1.51. The number of nitro groups is 1. The number of nitrogens with one attached hydrogen (secondary N) is 1. The van der Waals surface area contributed by atoms with E-state index in [0.29, 0.717) is 17.7 Å². The molecule has 1 rings (SSSR count). The van der Waals surface area contributed by atoms with Gasteiger partial charge in [0.15, 0.2) is 0 Å². The second kappa shape index (κ2) is 6.23. The molecule has 0 fully saturated rings. The molecular formula is C13H20N2O3. The number of benzene rings is 1. The van der Waals surface area contributed by atoms with E-state index in [1.165, 1.54) is 19.2 Å². The van der Waals surface area contributed by atoms with Crippen LogP contribution in [0.15, 0.2) is 18.2 Å². The van der Waals surface area contributed by atoms with Crippen molar-refractivity contribution in [2.75, 3.05) is 12.4 Å². The number of hydrogen-bond acceptors (Lipinski definition) is 4. The molecule has 100 valence electrons. The van der Waals surface area contributed by atoms with Crippen molar-refractivity contribution >= 4 is 11.4 Å². The van der Waals surface area contributed by atoms with E-state index < -0.39 is 4.92 Å². The van der Waals surface area contributed by atoms with Gasteiger partial charge < -0.3 is 10.1 Å². The lowest BCUT2D eigenvalue weighted by molar-refractivity contribution is -0.384. The molecule has 0 bridgehead atoms. The maximum atomic E-state index is 10.7. The molecule has 1 aromatic carbocycles. The van der Waals surface area contributed by atoms with Gasteiger partial charge in [-0.1, -0.05) is 20.8 Å². The summed E-state index contributed by atoms with van der Waals surface area (Å²) < 4.78 is 5.19. The monoisotopic (exact) mass is 252 g/mol. The first kappa shape index (κ1) is 14.3. The highest BCUT2D eigenvalue weighted by Gasteiger charge is 2.15. The van der Waals surface area contributed by atoms with E-state index in [1.807, 2.05) is 0 Å². The molecule has 5 nitrogen and oxygen atoms in total. The zero-order valence-corrected chi connectivity index (χ0v) is 11.3. The van der Waals surface area contributed by atoms with Crippen molar-refractivity contribution in [1.82, 2.24) is 0 Å². The Morgan fingerprint density at radius 3 is 2.56 bits per heavy atom. The Kier molecular flexibility index (Phi) is 4.95. The van der Waals surface area contributed by atoms with Crippen molar-refractivity contribution in [2.24, 2.45) is 5.92 Å². The molecule has 0 aromatic heterocycles. The molecule has 1 N–H and O–H groups in total. The predicted octanol–water partition coefficient (Wildman–Crippen LogP) is 3.45. The highest BCUT2D eigenvalue weighted by atomic mass is 16.6. The fraction of sp³-hybridized carbons (Fsp3) is 0.538. The lowest BCUT2D eigenvalue weighted by atomic mass is 10.0. The zero-order valence-electron chi connectivity index (χ0n) is 11.3. The van der Waals surface area contributed by atoms with Crippen molar-refractivity contribution in [3.8, 4) is 5.75 Å². The van der Waals surface area contributed by atoms with Crippen molar-refractivity contribution in [2.45, 2.75) is 33.2 Å². The van der Waals surface area contributed by atoms with Gasteiger partial charge in [0.05, 0.1) is 23.8 Å². The second-order valence-electron chi connectivity index (χ2n) is 4.54. The number of nitro benzene ring substituents is 1. The van der Waals surface area contributed by atoms with Crippen molar-refractivity contribution in [3.63, 3.8) is 0 Å². The Morgan fingerprint density at radius 2 is 2.11 bits per heavy atom. The topological polar surface area (TPSA) is 64.4 Å². The first-order valence-electron chi connectivity index (χ1n) is 6.08. The van der Waals surface area contributed by atoms with Crippen LogP contribution in [-0.2, 0) is 0 Å². The van der Waals surface area contributed by atoms with E-state index in [1.54, 1.807) is 6.07 Å². The summed E-state index contributed by atoms with van der Waals surface area (Å²) >= 11 is 0. The van der Waals surface area contributed by atoms with Crippen LogP contribution >= 0.6 is 0 Å². The van der Waals surface area contributed by atoms with Crippen molar-refractivity contribution < 1.29 is 9.66 Å². The van der Waals surface area contributed by atoms with Crippen LogP contribution in [0.5, 0.6) is 5.75 Å². The average molecular weight is 252 g/mol. The molecule has 0 radical (unpaired) electrons. The number of non-ortho nitro benzene ring substituents is 1. The SMILES string of the molecule is CCC(Nc1ccc([N+](=O)[O-])cc1OC)C(C)C. The first-order chi connectivity index (χ1) is 8.49. The van der Waals surface area contributed by atoms with Crippen molar-refractivity contribution in [3.05, 3.63) is 28.3 Å². The fourth-order valence-electron chi connectivity index (χ4n) is 1.85. The van der Waals surface area contributed by atoms with Gasteiger partial charge in [0.2, 0.25) is 0 Å². The number of anilines is 1. The van der Waals surface area contributed by atoms with E-state index in [9.17, 15) is 10.1 Å². The summed E-state index contributed by atoms with van der Waals surface area (Å²) in [5.41, 5.74) is 0.832. The number of ether oxygens (including phenoxy) is 1. The Bertz CT molecular complexity index is 419. The molecule has 0 saturated carbocycles. The van der Waals surface area contributed by atoms with E-state index in [0.717, 1.165) is 12.1 Å². The highest BCUT2D eigenvalue weighted by molar-refractivity contribution is 5.61. The van der Waals surface area contributed by atoms with E-state index >= 15 is 0 Å². The summed E-state index contributed by atoms with van der Waals surface area (Å²) in [6.45, 7) is 6.38. The Morgan fingerprint density at radius 1 is 1.44 bits per heavy atom. The normalized spacial score (nSPS) is 12.3. The van der Waals surface area contributed by atoms with Crippen molar-refractivity contribution in [1.29, 1.82) is 0 Å². The molecule has 0 amide bonds. The lowest BCUT2D eigenvalue weighted by Crippen LogP contribution is -2.24. The molecule has 0 saturated heterocycles. The molecule has 0 aliphatic heterocycles. The maximum Gasteiger partial charge on any atom is 0.273 e. The third-order valence-corrected chi connectivity index (χ3v) is 2.98. The molecule has 0 aliphatic rings. The minimum atomic E-state index is -0.425.